The molecule has 0 saturated heterocycles. The van der Waals surface area contributed by atoms with Crippen molar-refractivity contribution >= 4 is 5.95 Å². The van der Waals surface area contributed by atoms with Gasteiger partial charge in [-0.1, -0.05) is 6.92 Å². The molecular formula is C13H21N3O. The van der Waals surface area contributed by atoms with E-state index in [2.05, 4.69) is 22.2 Å². The number of nitrogens with one attached hydrogen (secondary N) is 1. The second kappa shape index (κ2) is 4.90. The lowest BCUT2D eigenvalue weighted by Crippen LogP contribution is -2.11. The Morgan fingerprint density at radius 1 is 1.47 bits per heavy atom. The van der Waals surface area contributed by atoms with Crippen LogP contribution in [0.3, 0.4) is 0 Å². The van der Waals surface area contributed by atoms with Gasteiger partial charge in [0.2, 0.25) is 11.8 Å². The van der Waals surface area contributed by atoms with Crippen LogP contribution in [0.4, 0.5) is 5.95 Å². The molecule has 2 unspecified atom stereocenters. The Bertz CT molecular complexity index is 392. The molecule has 4 heteroatoms. The zero-order valence-electron chi connectivity index (χ0n) is 11.0. The third-order valence-electron chi connectivity index (χ3n) is 2.99. The van der Waals surface area contributed by atoms with Crippen LogP contribution in [0.2, 0.25) is 0 Å². The van der Waals surface area contributed by atoms with Gasteiger partial charge in [0, 0.05) is 18.3 Å². The largest absolute Gasteiger partial charge is 0.475 e. The Kier molecular flexibility index (Phi) is 3.50. The van der Waals surface area contributed by atoms with Gasteiger partial charge in [0.15, 0.2) is 0 Å². The average Bonchev–Trinajstić information content (AvgIpc) is 2.90. The highest BCUT2D eigenvalue weighted by molar-refractivity contribution is 5.31. The Hall–Kier alpha value is -1.32. The Morgan fingerprint density at radius 2 is 2.18 bits per heavy atom. The molecule has 4 nitrogen and oxygen atoms in total. The highest BCUT2D eigenvalue weighted by Gasteiger charge is 2.32. The molecule has 1 N–H and O–H groups in total. The zero-order valence-corrected chi connectivity index (χ0v) is 11.0. The minimum atomic E-state index is 0.139. The molecule has 2 rings (SSSR count). The topological polar surface area (TPSA) is 47.0 Å². The lowest BCUT2D eigenvalue weighted by atomic mass is 10.3. The summed E-state index contributed by atoms with van der Waals surface area (Å²) < 4.78 is 5.59. The van der Waals surface area contributed by atoms with Crippen LogP contribution in [0, 0.1) is 18.8 Å². The highest BCUT2D eigenvalue weighted by atomic mass is 16.5. The highest BCUT2D eigenvalue weighted by Crippen LogP contribution is 2.37. The van der Waals surface area contributed by atoms with E-state index in [1.165, 1.54) is 6.42 Å². The van der Waals surface area contributed by atoms with Gasteiger partial charge in [-0.25, -0.2) is 4.98 Å². The summed E-state index contributed by atoms with van der Waals surface area (Å²) in [5, 5.41) is 3.29. The van der Waals surface area contributed by atoms with Crippen molar-refractivity contribution in [3.63, 3.8) is 0 Å². The van der Waals surface area contributed by atoms with Crippen LogP contribution in [0.5, 0.6) is 5.88 Å². The van der Waals surface area contributed by atoms with Gasteiger partial charge in [-0.3, -0.25) is 0 Å². The van der Waals surface area contributed by atoms with Crippen LogP contribution in [0.15, 0.2) is 6.07 Å². The summed E-state index contributed by atoms with van der Waals surface area (Å²) in [7, 11) is 0. The Morgan fingerprint density at radius 3 is 2.76 bits per heavy atom. The van der Waals surface area contributed by atoms with Gasteiger partial charge < -0.3 is 10.1 Å². The molecule has 17 heavy (non-hydrogen) atoms. The van der Waals surface area contributed by atoms with Crippen LogP contribution < -0.4 is 10.1 Å². The molecule has 1 aromatic heterocycles. The fourth-order valence-corrected chi connectivity index (χ4v) is 1.83. The van der Waals surface area contributed by atoms with Crippen LogP contribution in [-0.4, -0.2) is 22.6 Å². The Balaban J connectivity index is 1.97. The van der Waals surface area contributed by atoms with Crippen molar-refractivity contribution in [1.82, 2.24) is 9.97 Å². The summed E-state index contributed by atoms with van der Waals surface area (Å²) in [6.45, 7) is 9.19. The third kappa shape index (κ3) is 3.58. The lowest BCUT2D eigenvalue weighted by Gasteiger charge is -2.11. The molecule has 94 valence electrons. The van der Waals surface area contributed by atoms with Crippen molar-refractivity contribution in [2.24, 2.45) is 11.8 Å². The first-order chi connectivity index (χ1) is 8.04. The molecule has 1 aromatic rings. The van der Waals surface area contributed by atoms with E-state index in [1.807, 2.05) is 26.8 Å². The first kappa shape index (κ1) is 12.1. The average molecular weight is 235 g/mol. The number of anilines is 1. The van der Waals surface area contributed by atoms with Gasteiger partial charge >= 0.3 is 0 Å². The smallest absolute Gasteiger partial charge is 0.226 e. The molecule has 0 spiro atoms. The number of hydrogen-bond donors (Lipinski definition) is 1. The fraction of sp³-hybridized carbons (Fsp3) is 0.692. The molecule has 1 heterocycles. The number of ether oxygens (including phenoxy) is 1. The first-order valence-electron chi connectivity index (χ1n) is 6.31. The zero-order chi connectivity index (χ0) is 12.4. The monoisotopic (exact) mass is 235 g/mol. The molecule has 0 radical (unpaired) electrons. The lowest BCUT2D eigenvalue weighted by molar-refractivity contribution is 0.232. The van der Waals surface area contributed by atoms with Crippen LogP contribution >= 0.6 is 0 Å². The molecule has 0 bridgehead atoms. The number of rotatable bonds is 5. The SMILES string of the molecule is Cc1cc(OC(C)C)nc(NCC2CC2C)n1. The number of aromatic nitrogens is 2. The van der Waals surface area contributed by atoms with Gasteiger partial charge in [0.05, 0.1) is 6.10 Å². The summed E-state index contributed by atoms with van der Waals surface area (Å²) in [6, 6.07) is 1.87. The standard InChI is InChI=1S/C13H21N3O/c1-8(2)17-12-6-10(4)15-13(16-12)14-7-11-5-9(11)3/h6,8-9,11H,5,7H2,1-4H3,(H,14,15,16). The van der Waals surface area contributed by atoms with Crippen molar-refractivity contribution in [2.45, 2.75) is 40.2 Å². The van der Waals surface area contributed by atoms with Crippen LogP contribution in [-0.2, 0) is 0 Å². The van der Waals surface area contributed by atoms with E-state index in [4.69, 9.17) is 4.74 Å². The maximum Gasteiger partial charge on any atom is 0.226 e. The van der Waals surface area contributed by atoms with E-state index in [9.17, 15) is 0 Å². The van der Waals surface area contributed by atoms with Gasteiger partial charge in [-0.05, 0) is 39.0 Å². The summed E-state index contributed by atoms with van der Waals surface area (Å²) in [5.41, 5.74) is 0.932. The fourth-order valence-electron chi connectivity index (χ4n) is 1.83. The molecule has 0 aromatic carbocycles. The van der Waals surface area contributed by atoms with E-state index in [-0.39, 0.29) is 6.10 Å². The molecule has 2 atom stereocenters. The number of nitrogens with zero attached hydrogens (tertiary/aromatic N) is 2. The maximum atomic E-state index is 5.59. The molecule has 0 aliphatic heterocycles. The summed E-state index contributed by atoms with van der Waals surface area (Å²) in [4.78, 5) is 8.72. The minimum absolute atomic E-state index is 0.139. The van der Waals surface area contributed by atoms with Crippen molar-refractivity contribution in [3.05, 3.63) is 11.8 Å². The normalized spacial score (nSPS) is 22.6. The molecule has 1 fully saturated rings. The maximum absolute atomic E-state index is 5.59. The van der Waals surface area contributed by atoms with Gasteiger partial charge in [-0.2, -0.15) is 4.98 Å². The van der Waals surface area contributed by atoms with Crippen LogP contribution in [0.25, 0.3) is 0 Å². The van der Waals surface area contributed by atoms with E-state index in [1.54, 1.807) is 0 Å². The molecule has 0 amide bonds. The van der Waals surface area contributed by atoms with E-state index in [0.717, 1.165) is 24.1 Å². The number of aryl methyl sites for hydroxylation is 1. The second-order valence-electron chi connectivity index (χ2n) is 5.19. The van der Waals surface area contributed by atoms with Gasteiger partial charge in [-0.15, -0.1) is 0 Å². The number of hydrogen-bond acceptors (Lipinski definition) is 4. The predicted octanol–water partition coefficient (Wildman–Crippen LogP) is 2.64. The molecule has 1 aliphatic rings. The predicted molar refractivity (Wildman–Crippen MR) is 68.3 cm³/mol. The van der Waals surface area contributed by atoms with Crippen LogP contribution in [0.1, 0.15) is 32.9 Å². The van der Waals surface area contributed by atoms with E-state index < -0.39 is 0 Å². The minimum Gasteiger partial charge on any atom is -0.475 e. The van der Waals surface area contributed by atoms with Gasteiger partial charge in [0.1, 0.15) is 0 Å². The van der Waals surface area contributed by atoms with E-state index >= 15 is 0 Å². The molecular weight excluding hydrogens is 214 g/mol. The van der Waals surface area contributed by atoms with Gasteiger partial charge in [0.25, 0.3) is 0 Å². The van der Waals surface area contributed by atoms with Crippen molar-refractivity contribution < 1.29 is 4.74 Å². The summed E-state index contributed by atoms with van der Waals surface area (Å²) in [6.07, 6.45) is 1.45. The Labute approximate surface area is 103 Å². The van der Waals surface area contributed by atoms with Crippen molar-refractivity contribution in [1.29, 1.82) is 0 Å². The second-order valence-corrected chi connectivity index (χ2v) is 5.19. The third-order valence-corrected chi connectivity index (χ3v) is 2.99. The molecule has 1 saturated carbocycles. The first-order valence-corrected chi connectivity index (χ1v) is 6.31. The molecule has 1 aliphatic carbocycles. The van der Waals surface area contributed by atoms with E-state index in [0.29, 0.717) is 11.8 Å². The summed E-state index contributed by atoms with van der Waals surface area (Å²) in [5.74, 6) is 2.96. The summed E-state index contributed by atoms with van der Waals surface area (Å²) >= 11 is 0. The van der Waals surface area contributed by atoms with Crippen molar-refractivity contribution in [2.75, 3.05) is 11.9 Å². The quantitative estimate of drug-likeness (QED) is 0.852. The van der Waals surface area contributed by atoms with Crippen molar-refractivity contribution in [3.8, 4) is 5.88 Å².